The van der Waals surface area contributed by atoms with Crippen molar-refractivity contribution in [2.45, 2.75) is 13.5 Å². The Labute approximate surface area is 183 Å². The number of aromatic nitrogens is 4. The van der Waals surface area contributed by atoms with Gasteiger partial charge in [-0.25, -0.2) is 14.6 Å². The van der Waals surface area contributed by atoms with Gasteiger partial charge in [0.05, 0.1) is 40.9 Å². The number of nitrogens with one attached hydrogen (secondary N) is 1. The molecular formula is C22H22N6O2S. The Morgan fingerprint density at radius 3 is 2.90 bits per heavy atom. The minimum Gasteiger partial charge on any atom is -0.379 e. The number of hydrogen-bond donors (Lipinski definition) is 1. The molecule has 4 heterocycles. The third kappa shape index (κ3) is 4.20. The first kappa shape index (κ1) is 19.8. The molecule has 1 aliphatic heterocycles. The van der Waals surface area contributed by atoms with Gasteiger partial charge in [-0.3, -0.25) is 15.0 Å². The van der Waals surface area contributed by atoms with Gasteiger partial charge >= 0.3 is 0 Å². The average Bonchev–Trinajstić information content (AvgIpc) is 3.37. The summed E-state index contributed by atoms with van der Waals surface area (Å²) in [6, 6.07) is 11.9. The van der Waals surface area contributed by atoms with Crippen LogP contribution in [-0.2, 0) is 11.3 Å². The van der Waals surface area contributed by atoms with E-state index in [0.29, 0.717) is 16.5 Å². The maximum absolute atomic E-state index is 12.8. The summed E-state index contributed by atoms with van der Waals surface area (Å²) in [5.41, 5.74) is 3.35. The van der Waals surface area contributed by atoms with E-state index < -0.39 is 0 Å². The number of carbonyl (C=O) groups is 1. The van der Waals surface area contributed by atoms with Gasteiger partial charge in [0, 0.05) is 25.8 Å². The van der Waals surface area contributed by atoms with Crippen molar-refractivity contribution < 1.29 is 9.53 Å². The number of amides is 1. The zero-order valence-electron chi connectivity index (χ0n) is 17.1. The monoisotopic (exact) mass is 434 g/mol. The number of fused-ring (bicyclic) bond motifs is 1. The molecular weight excluding hydrogens is 412 g/mol. The van der Waals surface area contributed by atoms with Gasteiger partial charge < -0.3 is 4.74 Å². The van der Waals surface area contributed by atoms with E-state index in [2.05, 4.69) is 37.4 Å². The van der Waals surface area contributed by atoms with E-state index >= 15 is 0 Å². The second-order valence-corrected chi connectivity index (χ2v) is 8.44. The molecule has 31 heavy (non-hydrogen) atoms. The lowest BCUT2D eigenvalue weighted by Gasteiger charge is -2.26. The Kier molecular flexibility index (Phi) is 5.46. The SMILES string of the molecule is Cc1c(C(=O)Nc2nc3ccc(CN4CCOCC4)cc3s2)cnn1-c1ccccn1. The second kappa shape index (κ2) is 8.54. The number of benzene rings is 1. The van der Waals surface area contributed by atoms with Gasteiger partial charge in [0.25, 0.3) is 5.91 Å². The normalized spacial score (nSPS) is 14.7. The fourth-order valence-corrected chi connectivity index (χ4v) is 4.57. The van der Waals surface area contributed by atoms with Crippen molar-refractivity contribution in [2.24, 2.45) is 0 Å². The Morgan fingerprint density at radius 2 is 2.10 bits per heavy atom. The van der Waals surface area contributed by atoms with Crippen molar-refractivity contribution in [3.05, 3.63) is 65.6 Å². The summed E-state index contributed by atoms with van der Waals surface area (Å²) < 4.78 is 8.14. The van der Waals surface area contributed by atoms with Crippen molar-refractivity contribution in [1.82, 2.24) is 24.6 Å². The molecule has 1 aromatic carbocycles. The van der Waals surface area contributed by atoms with E-state index in [1.165, 1.54) is 16.9 Å². The van der Waals surface area contributed by atoms with Gasteiger partial charge in [-0.2, -0.15) is 5.10 Å². The summed E-state index contributed by atoms with van der Waals surface area (Å²) in [4.78, 5) is 24.1. The maximum atomic E-state index is 12.8. The number of thiazole rings is 1. The van der Waals surface area contributed by atoms with Crippen molar-refractivity contribution in [3.63, 3.8) is 0 Å². The Hall–Kier alpha value is -3.14. The number of ether oxygens (including phenoxy) is 1. The predicted molar refractivity (Wildman–Crippen MR) is 120 cm³/mol. The van der Waals surface area contributed by atoms with Crippen molar-refractivity contribution in [3.8, 4) is 5.82 Å². The number of nitrogens with zero attached hydrogens (tertiary/aromatic N) is 5. The zero-order chi connectivity index (χ0) is 21.2. The van der Waals surface area contributed by atoms with Crippen LogP contribution >= 0.6 is 11.3 Å². The smallest absolute Gasteiger partial charge is 0.260 e. The first-order chi connectivity index (χ1) is 15.2. The summed E-state index contributed by atoms with van der Waals surface area (Å²) in [7, 11) is 0. The lowest BCUT2D eigenvalue weighted by molar-refractivity contribution is 0.0342. The molecule has 1 N–H and O–H groups in total. The molecule has 0 unspecified atom stereocenters. The van der Waals surface area contributed by atoms with Gasteiger partial charge in [0.1, 0.15) is 0 Å². The highest BCUT2D eigenvalue weighted by Gasteiger charge is 2.18. The van der Waals surface area contributed by atoms with Gasteiger partial charge in [0.2, 0.25) is 0 Å². The summed E-state index contributed by atoms with van der Waals surface area (Å²) in [5, 5.41) is 7.82. The van der Waals surface area contributed by atoms with Gasteiger partial charge in [-0.15, -0.1) is 0 Å². The summed E-state index contributed by atoms with van der Waals surface area (Å²) in [5.74, 6) is 0.444. The van der Waals surface area contributed by atoms with E-state index in [4.69, 9.17) is 4.74 Å². The van der Waals surface area contributed by atoms with E-state index in [9.17, 15) is 4.79 Å². The largest absolute Gasteiger partial charge is 0.379 e. The van der Waals surface area contributed by atoms with Crippen LogP contribution in [0.25, 0.3) is 16.0 Å². The lowest BCUT2D eigenvalue weighted by atomic mass is 10.2. The fourth-order valence-electron chi connectivity index (χ4n) is 3.65. The van der Waals surface area contributed by atoms with Crippen molar-refractivity contribution >= 4 is 32.6 Å². The number of anilines is 1. The minimum atomic E-state index is -0.229. The van der Waals surface area contributed by atoms with E-state index in [1.807, 2.05) is 31.2 Å². The molecule has 1 aliphatic rings. The van der Waals surface area contributed by atoms with Crippen LogP contribution in [0.4, 0.5) is 5.13 Å². The molecule has 1 amide bonds. The molecule has 3 aromatic heterocycles. The molecule has 0 saturated carbocycles. The Bertz CT molecular complexity index is 1210. The molecule has 1 fully saturated rings. The third-order valence-electron chi connectivity index (χ3n) is 5.30. The number of carbonyl (C=O) groups excluding carboxylic acids is 1. The topological polar surface area (TPSA) is 85.2 Å². The van der Waals surface area contributed by atoms with Crippen LogP contribution in [-0.4, -0.2) is 56.9 Å². The number of hydrogen-bond acceptors (Lipinski definition) is 7. The van der Waals surface area contributed by atoms with Crippen molar-refractivity contribution in [1.29, 1.82) is 0 Å². The molecule has 8 nitrogen and oxygen atoms in total. The van der Waals surface area contributed by atoms with Crippen LogP contribution in [0, 0.1) is 6.92 Å². The summed E-state index contributed by atoms with van der Waals surface area (Å²) in [6.45, 7) is 6.23. The Balaban J connectivity index is 1.32. The molecule has 0 atom stereocenters. The molecule has 1 saturated heterocycles. The molecule has 0 aliphatic carbocycles. The molecule has 4 aromatic rings. The highest BCUT2D eigenvalue weighted by molar-refractivity contribution is 7.22. The number of pyridine rings is 1. The second-order valence-electron chi connectivity index (χ2n) is 7.41. The summed E-state index contributed by atoms with van der Waals surface area (Å²) in [6.07, 6.45) is 3.26. The first-order valence-electron chi connectivity index (χ1n) is 10.1. The zero-order valence-corrected chi connectivity index (χ0v) is 17.9. The van der Waals surface area contributed by atoms with Crippen LogP contribution in [0.15, 0.2) is 48.8 Å². The predicted octanol–water partition coefficient (Wildman–Crippen LogP) is 3.27. The van der Waals surface area contributed by atoms with Gasteiger partial charge in [0.15, 0.2) is 10.9 Å². The number of rotatable bonds is 5. The highest BCUT2D eigenvalue weighted by Crippen LogP contribution is 2.28. The third-order valence-corrected chi connectivity index (χ3v) is 6.24. The maximum Gasteiger partial charge on any atom is 0.260 e. The molecule has 0 bridgehead atoms. The highest BCUT2D eigenvalue weighted by atomic mass is 32.1. The lowest BCUT2D eigenvalue weighted by Crippen LogP contribution is -2.35. The molecule has 0 radical (unpaired) electrons. The fraction of sp³-hybridized carbons (Fsp3) is 0.273. The standard InChI is InChI=1S/C22H22N6O2S/c1-15-17(13-24-28(15)20-4-2-3-7-23-20)21(29)26-22-25-18-6-5-16(12-19(18)31-22)14-27-8-10-30-11-9-27/h2-7,12-13H,8-11,14H2,1H3,(H,25,26,29). The van der Waals surface area contributed by atoms with Crippen LogP contribution < -0.4 is 5.32 Å². The quantitative estimate of drug-likeness (QED) is 0.519. The van der Waals surface area contributed by atoms with E-state index in [1.54, 1.807) is 17.1 Å². The number of morpholine rings is 1. The van der Waals surface area contributed by atoms with Gasteiger partial charge in [-0.1, -0.05) is 23.5 Å². The summed E-state index contributed by atoms with van der Waals surface area (Å²) >= 11 is 1.48. The van der Waals surface area contributed by atoms with Crippen LogP contribution in [0.5, 0.6) is 0 Å². The average molecular weight is 435 g/mol. The van der Waals surface area contributed by atoms with Gasteiger partial charge in [-0.05, 0) is 36.8 Å². The first-order valence-corrected chi connectivity index (χ1v) is 11.0. The molecule has 0 spiro atoms. The minimum absolute atomic E-state index is 0.229. The van der Waals surface area contributed by atoms with Crippen LogP contribution in [0.2, 0.25) is 0 Å². The van der Waals surface area contributed by atoms with Crippen LogP contribution in [0.1, 0.15) is 21.6 Å². The molecule has 5 rings (SSSR count). The van der Waals surface area contributed by atoms with E-state index in [-0.39, 0.29) is 5.91 Å². The van der Waals surface area contributed by atoms with Crippen LogP contribution in [0.3, 0.4) is 0 Å². The van der Waals surface area contributed by atoms with E-state index in [0.717, 1.165) is 48.8 Å². The Morgan fingerprint density at radius 1 is 1.23 bits per heavy atom. The molecule has 158 valence electrons. The van der Waals surface area contributed by atoms with Crippen molar-refractivity contribution in [2.75, 3.05) is 31.6 Å². The molecule has 9 heteroatoms.